The molecule has 0 aliphatic rings. The van der Waals surface area contributed by atoms with Crippen LogP contribution < -0.4 is 0 Å². The van der Waals surface area contributed by atoms with Crippen molar-refractivity contribution in [1.82, 2.24) is 0 Å². The van der Waals surface area contributed by atoms with Gasteiger partial charge in [-0.25, -0.2) is 0 Å². The molecule has 2 rings (SSSR count). The maximum Gasteiger partial charge on any atom is 0.145 e. The van der Waals surface area contributed by atoms with Crippen LogP contribution in [0.3, 0.4) is 0 Å². The van der Waals surface area contributed by atoms with Crippen molar-refractivity contribution < 1.29 is 4.79 Å². The smallest absolute Gasteiger partial charge is 0.145 e. The maximum absolute atomic E-state index is 10.6. The molecule has 0 unspecified atom stereocenters. The van der Waals surface area contributed by atoms with E-state index in [1.165, 1.54) is 16.7 Å². The first kappa shape index (κ1) is 13.3. The molecule has 0 N–H and O–H groups in total. The Balaban J connectivity index is 2.22. The van der Waals surface area contributed by atoms with Gasteiger partial charge in [0.05, 0.1) is 0 Å². The summed E-state index contributed by atoms with van der Waals surface area (Å²) in [5, 5.41) is 0. The summed E-state index contributed by atoms with van der Waals surface area (Å²) >= 11 is 0. The average molecular weight is 250 g/mol. The van der Waals surface area contributed by atoms with Crippen LogP contribution in [-0.4, -0.2) is 6.29 Å². The second-order valence-electron chi connectivity index (χ2n) is 4.81. The second-order valence-corrected chi connectivity index (χ2v) is 4.81. The molecule has 0 saturated carbocycles. The van der Waals surface area contributed by atoms with Crippen LogP contribution in [0.2, 0.25) is 0 Å². The Labute approximate surface area is 114 Å². The minimum absolute atomic E-state index is 0.259. The van der Waals surface area contributed by atoms with Gasteiger partial charge in [0.25, 0.3) is 0 Å². The Kier molecular flexibility index (Phi) is 4.30. The van der Waals surface area contributed by atoms with E-state index in [0.717, 1.165) is 11.9 Å². The molecule has 0 aromatic heterocycles. The van der Waals surface area contributed by atoms with E-state index in [1.807, 2.05) is 31.2 Å². The summed E-state index contributed by atoms with van der Waals surface area (Å²) in [6.45, 7) is 3.94. The van der Waals surface area contributed by atoms with Crippen molar-refractivity contribution in [2.45, 2.75) is 19.8 Å². The summed E-state index contributed by atoms with van der Waals surface area (Å²) in [6.07, 6.45) is 2.89. The van der Waals surface area contributed by atoms with Crippen LogP contribution in [0.25, 0.3) is 11.1 Å². The molecule has 0 radical (unpaired) electrons. The van der Waals surface area contributed by atoms with Crippen molar-refractivity contribution in [3.8, 4) is 11.1 Å². The quantitative estimate of drug-likeness (QED) is 0.572. The van der Waals surface area contributed by atoms with E-state index in [-0.39, 0.29) is 5.92 Å². The highest BCUT2D eigenvalue weighted by Crippen LogP contribution is 2.23. The number of allylic oxidation sites excluding steroid dienone is 2. The van der Waals surface area contributed by atoms with Gasteiger partial charge in [-0.1, -0.05) is 67.6 Å². The molecule has 1 atom stereocenters. The number of rotatable bonds is 4. The number of benzene rings is 2. The normalized spacial score (nSPS) is 13.1. The number of carbonyl (C=O) groups is 1. The fraction of sp³-hybridized carbons (Fsp3) is 0.167. The number of hydrogen-bond acceptors (Lipinski definition) is 1. The second kappa shape index (κ2) is 6.14. The molecule has 0 fully saturated rings. The molecule has 96 valence electrons. The molecule has 1 nitrogen and oxygen atoms in total. The molecule has 2 aromatic rings. The molecule has 0 amide bonds. The summed E-state index contributed by atoms with van der Waals surface area (Å²) in [7, 11) is 0. The SMILES string of the molecule is C/C(C=O)=C\[C@H](C)c1ccc(-c2ccccc2)cc1. The molecule has 1 heteroatoms. The zero-order valence-corrected chi connectivity index (χ0v) is 11.3. The van der Waals surface area contributed by atoms with Crippen molar-refractivity contribution in [3.05, 3.63) is 71.8 Å². The van der Waals surface area contributed by atoms with E-state index in [4.69, 9.17) is 0 Å². The summed E-state index contributed by atoms with van der Waals surface area (Å²) < 4.78 is 0. The van der Waals surface area contributed by atoms with Crippen molar-refractivity contribution in [1.29, 1.82) is 0 Å². The van der Waals surface area contributed by atoms with Gasteiger partial charge in [0.2, 0.25) is 0 Å². The minimum Gasteiger partial charge on any atom is -0.298 e. The average Bonchev–Trinajstić information content (AvgIpc) is 2.48. The van der Waals surface area contributed by atoms with Gasteiger partial charge >= 0.3 is 0 Å². The van der Waals surface area contributed by atoms with Gasteiger partial charge in [0.15, 0.2) is 0 Å². The van der Waals surface area contributed by atoms with Crippen LogP contribution in [0, 0.1) is 0 Å². The van der Waals surface area contributed by atoms with Crippen LogP contribution in [-0.2, 0) is 4.79 Å². The van der Waals surface area contributed by atoms with Crippen LogP contribution in [0.5, 0.6) is 0 Å². The molecular weight excluding hydrogens is 232 g/mol. The summed E-state index contributed by atoms with van der Waals surface area (Å²) in [6, 6.07) is 18.8. The number of hydrogen-bond donors (Lipinski definition) is 0. The molecule has 0 aliphatic carbocycles. The number of aldehydes is 1. The zero-order chi connectivity index (χ0) is 13.7. The lowest BCUT2D eigenvalue weighted by Gasteiger charge is -2.09. The van der Waals surface area contributed by atoms with Crippen molar-refractivity contribution >= 4 is 6.29 Å². The zero-order valence-electron chi connectivity index (χ0n) is 11.3. The summed E-state index contributed by atoms with van der Waals surface area (Å²) in [5.41, 5.74) is 4.44. The monoisotopic (exact) mass is 250 g/mol. The van der Waals surface area contributed by atoms with Crippen LogP contribution in [0.15, 0.2) is 66.2 Å². The van der Waals surface area contributed by atoms with Crippen molar-refractivity contribution in [2.75, 3.05) is 0 Å². The molecule has 0 spiro atoms. The highest BCUT2D eigenvalue weighted by Gasteiger charge is 2.03. The molecule has 0 aliphatic heterocycles. The van der Waals surface area contributed by atoms with Gasteiger partial charge < -0.3 is 0 Å². The highest BCUT2D eigenvalue weighted by molar-refractivity contribution is 5.72. The number of carbonyl (C=O) groups excluding carboxylic acids is 1. The molecule has 19 heavy (non-hydrogen) atoms. The van der Waals surface area contributed by atoms with Gasteiger partial charge in [0, 0.05) is 0 Å². The standard InChI is InChI=1S/C18H18O/c1-14(13-19)12-15(2)16-8-10-18(11-9-16)17-6-4-3-5-7-17/h3-13,15H,1-2H3/b14-12+/t15-/m0/s1. The van der Waals surface area contributed by atoms with Crippen LogP contribution >= 0.6 is 0 Å². The topological polar surface area (TPSA) is 17.1 Å². The molecule has 0 heterocycles. The first-order valence-corrected chi connectivity index (χ1v) is 6.49. The Morgan fingerprint density at radius 2 is 1.53 bits per heavy atom. The molecule has 0 saturated heterocycles. The molecule has 2 aromatic carbocycles. The molecular formula is C18H18O. The van der Waals surface area contributed by atoms with E-state index in [1.54, 1.807) is 0 Å². The third-order valence-electron chi connectivity index (χ3n) is 3.24. The Morgan fingerprint density at radius 1 is 0.947 bits per heavy atom. The minimum atomic E-state index is 0.259. The lowest BCUT2D eigenvalue weighted by atomic mass is 9.96. The van der Waals surface area contributed by atoms with Crippen molar-refractivity contribution in [3.63, 3.8) is 0 Å². The lowest BCUT2D eigenvalue weighted by Crippen LogP contribution is -1.91. The van der Waals surface area contributed by atoms with E-state index < -0.39 is 0 Å². The van der Waals surface area contributed by atoms with Gasteiger partial charge in [-0.3, -0.25) is 4.79 Å². The van der Waals surface area contributed by atoms with Gasteiger partial charge in [0.1, 0.15) is 6.29 Å². The molecule has 0 bridgehead atoms. The highest BCUT2D eigenvalue weighted by atomic mass is 16.1. The van der Waals surface area contributed by atoms with E-state index in [9.17, 15) is 4.79 Å². The summed E-state index contributed by atoms with van der Waals surface area (Å²) in [5.74, 6) is 0.259. The largest absolute Gasteiger partial charge is 0.298 e. The first-order chi connectivity index (χ1) is 9.20. The fourth-order valence-corrected chi connectivity index (χ4v) is 2.14. The maximum atomic E-state index is 10.6. The Morgan fingerprint density at radius 3 is 2.11 bits per heavy atom. The van der Waals surface area contributed by atoms with Gasteiger partial charge in [-0.15, -0.1) is 0 Å². The lowest BCUT2D eigenvalue weighted by molar-refractivity contribution is -0.104. The predicted octanol–water partition coefficient (Wildman–Crippen LogP) is 4.60. The predicted molar refractivity (Wildman–Crippen MR) is 80.1 cm³/mol. The Bertz CT molecular complexity index is 564. The van der Waals surface area contributed by atoms with E-state index in [0.29, 0.717) is 0 Å². The summed E-state index contributed by atoms with van der Waals surface area (Å²) in [4.78, 5) is 10.6. The third-order valence-corrected chi connectivity index (χ3v) is 3.24. The first-order valence-electron chi connectivity index (χ1n) is 6.49. The third kappa shape index (κ3) is 3.41. The Hall–Kier alpha value is -2.15. The van der Waals surface area contributed by atoms with Gasteiger partial charge in [-0.05, 0) is 35.1 Å². The van der Waals surface area contributed by atoms with Crippen molar-refractivity contribution in [2.24, 2.45) is 0 Å². The van der Waals surface area contributed by atoms with E-state index in [2.05, 4.69) is 43.3 Å². The van der Waals surface area contributed by atoms with E-state index >= 15 is 0 Å². The van der Waals surface area contributed by atoms with Crippen LogP contribution in [0.4, 0.5) is 0 Å². The van der Waals surface area contributed by atoms with Gasteiger partial charge in [-0.2, -0.15) is 0 Å². The fourth-order valence-electron chi connectivity index (χ4n) is 2.14. The van der Waals surface area contributed by atoms with Crippen LogP contribution in [0.1, 0.15) is 25.3 Å².